The van der Waals surface area contributed by atoms with Gasteiger partial charge in [0.25, 0.3) is 0 Å². The van der Waals surface area contributed by atoms with E-state index in [0.717, 1.165) is 12.8 Å². The van der Waals surface area contributed by atoms with Crippen molar-refractivity contribution in [1.82, 2.24) is 0 Å². The van der Waals surface area contributed by atoms with E-state index in [-0.39, 0.29) is 6.42 Å². The number of unbranched alkanes of at least 4 members (excludes halogenated alkanes) is 4. The molecule has 6 saturated heterocycles. The van der Waals surface area contributed by atoms with Crippen LogP contribution in [0.5, 0.6) is 0 Å². The Bertz CT molecular complexity index is 1830. The van der Waals surface area contributed by atoms with Gasteiger partial charge in [0.1, 0.15) is 122 Å². The number of aliphatic hydroxyl groups is 16. The summed E-state index contributed by atoms with van der Waals surface area (Å²) in [6.45, 7) is 5.99. The van der Waals surface area contributed by atoms with E-state index in [1.165, 1.54) is 27.7 Å². The van der Waals surface area contributed by atoms with Crippen molar-refractivity contribution in [2.24, 2.45) is 0 Å². The molecule has 0 radical (unpaired) electrons. The molecule has 0 aliphatic carbocycles. The average Bonchev–Trinajstić information content (AvgIpc) is 3.54. The van der Waals surface area contributed by atoms with Crippen molar-refractivity contribution >= 4 is 5.97 Å². The number of rotatable bonds is 26. The molecular weight excluding hydrogens is 1080 g/mol. The lowest BCUT2D eigenvalue weighted by Crippen LogP contribution is -2.67. The maximum Gasteiger partial charge on any atom is 0.305 e. The van der Waals surface area contributed by atoms with Gasteiger partial charge in [0.15, 0.2) is 37.7 Å². The molecule has 468 valence electrons. The van der Waals surface area contributed by atoms with E-state index in [9.17, 15) is 86.5 Å². The molecule has 0 spiro atoms. The number of carboxylic acid groups (broad SMARTS) is 1. The Labute approximate surface area is 462 Å². The summed E-state index contributed by atoms with van der Waals surface area (Å²) in [5.74, 6) is -1.09. The van der Waals surface area contributed by atoms with Crippen molar-refractivity contribution in [2.45, 2.75) is 295 Å². The first-order valence-electron chi connectivity index (χ1n) is 27.6. The van der Waals surface area contributed by atoms with E-state index in [2.05, 4.69) is 0 Å². The maximum absolute atomic E-state index is 11.9. The van der Waals surface area contributed by atoms with Crippen LogP contribution >= 0.6 is 0 Å². The van der Waals surface area contributed by atoms with Gasteiger partial charge >= 0.3 is 5.97 Å². The number of carbonyl (C=O) groups is 1. The zero-order valence-electron chi connectivity index (χ0n) is 45.4. The van der Waals surface area contributed by atoms with Crippen molar-refractivity contribution < 1.29 is 148 Å². The summed E-state index contributed by atoms with van der Waals surface area (Å²) in [6, 6.07) is 0. The molecule has 6 aliphatic rings. The van der Waals surface area contributed by atoms with Gasteiger partial charge in [0, 0.05) is 0 Å². The first-order chi connectivity index (χ1) is 37.8. The molecular formula is C50H88O30. The summed E-state index contributed by atoms with van der Waals surface area (Å²) in [6.07, 6.45) is -46.5. The zero-order valence-corrected chi connectivity index (χ0v) is 45.4. The number of hydrogen-bond donors (Lipinski definition) is 17. The number of aliphatic hydroxyl groups excluding tert-OH is 16. The Hall–Kier alpha value is -1.65. The van der Waals surface area contributed by atoms with Gasteiger partial charge in [-0.25, -0.2) is 0 Å². The Morgan fingerprint density at radius 2 is 0.863 bits per heavy atom. The van der Waals surface area contributed by atoms with Crippen LogP contribution in [-0.4, -0.2) is 302 Å². The molecule has 6 aliphatic heterocycles. The predicted octanol–water partition coefficient (Wildman–Crippen LogP) is -6.23. The molecule has 30 heteroatoms. The molecule has 6 fully saturated rings. The highest BCUT2D eigenvalue weighted by Crippen LogP contribution is 2.37. The van der Waals surface area contributed by atoms with Crippen molar-refractivity contribution in [3.63, 3.8) is 0 Å². The van der Waals surface area contributed by atoms with Gasteiger partial charge in [-0.3, -0.25) is 4.79 Å². The Morgan fingerprint density at radius 1 is 0.425 bits per heavy atom. The zero-order chi connectivity index (χ0) is 59.0. The van der Waals surface area contributed by atoms with Gasteiger partial charge in [0.05, 0.1) is 56.3 Å². The molecule has 30 nitrogen and oxygen atoms in total. The summed E-state index contributed by atoms with van der Waals surface area (Å²) in [4.78, 5) is 10.9. The van der Waals surface area contributed by atoms with E-state index in [0.29, 0.717) is 44.9 Å². The van der Waals surface area contributed by atoms with Crippen LogP contribution in [0.15, 0.2) is 0 Å². The normalized spacial score (nSPS) is 47.4. The van der Waals surface area contributed by atoms with Crippen LogP contribution in [0, 0.1) is 0 Å². The summed E-state index contributed by atoms with van der Waals surface area (Å²) in [5.41, 5.74) is 0. The van der Waals surface area contributed by atoms with Crippen LogP contribution in [0.25, 0.3) is 0 Å². The lowest BCUT2D eigenvalue weighted by Gasteiger charge is -2.50. The largest absolute Gasteiger partial charge is 0.481 e. The van der Waals surface area contributed by atoms with Crippen molar-refractivity contribution in [1.29, 1.82) is 0 Å². The first-order valence-corrected chi connectivity index (χ1v) is 27.6. The van der Waals surface area contributed by atoms with Crippen molar-refractivity contribution in [3.8, 4) is 0 Å². The van der Waals surface area contributed by atoms with Gasteiger partial charge < -0.3 is 144 Å². The van der Waals surface area contributed by atoms with Crippen LogP contribution in [-0.2, 0) is 61.6 Å². The van der Waals surface area contributed by atoms with E-state index in [1.54, 1.807) is 0 Å². The predicted molar refractivity (Wildman–Crippen MR) is 262 cm³/mol. The fraction of sp³-hybridized carbons (Fsp3) is 0.980. The fourth-order valence-electron chi connectivity index (χ4n) is 10.6. The molecule has 0 amide bonds. The monoisotopic (exact) mass is 1170 g/mol. The van der Waals surface area contributed by atoms with Gasteiger partial charge in [-0.05, 0) is 47.0 Å². The molecule has 32 atom stereocenters. The summed E-state index contributed by atoms with van der Waals surface area (Å²) in [7, 11) is 0. The third-order valence-corrected chi connectivity index (χ3v) is 15.6. The van der Waals surface area contributed by atoms with Gasteiger partial charge in [-0.15, -0.1) is 0 Å². The minimum Gasteiger partial charge on any atom is -0.481 e. The molecule has 0 aromatic rings. The van der Waals surface area contributed by atoms with E-state index in [1.807, 2.05) is 6.92 Å². The Balaban J connectivity index is 1.17. The smallest absolute Gasteiger partial charge is 0.305 e. The summed E-state index contributed by atoms with van der Waals surface area (Å²) in [5, 5.41) is 183. The molecule has 17 N–H and O–H groups in total. The first kappa shape index (κ1) is 67.5. The van der Waals surface area contributed by atoms with Crippen LogP contribution in [0.3, 0.4) is 0 Å². The van der Waals surface area contributed by atoms with Crippen LogP contribution < -0.4 is 0 Å². The molecule has 0 bridgehead atoms. The fourth-order valence-corrected chi connectivity index (χ4v) is 10.6. The molecule has 0 aromatic heterocycles. The standard InChI is InChI=1S/C50H88O30/c1-6-12-23(14-11-9-7-8-10-13-22(52)15-26(53)54)74-49-43(35(63)31(59)25(76-49)17-69-45-37(65)32(60)27(55)18(2)70-45)80-50-44(34(62)30(58)24(16-51)75-50)79-47-39(67)36(64)41(21(5)73-47)77-48-40(68)42(29(57)20(4)72-48)78-46-38(66)33(61)28(56)19(3)71-46/h18-25,27-52,55-68H,6-17H2,1-5H3,(H,53,54)/t18-,19-,20+,21-,22-,23-,24+,25+,27-,28-,29+,30+,31+,32+,33+,34-,35-,36-,37+,38+,39+,40+,41-,42-,43+,44+,45+,46-,47-,48-,49+,50-/m0/s1. The second-order valence-corrected chi connectivity index (χ2v) is 21.9. The Morgan fingerprint density at radius 3 is 1.45 bits per heavy atom. The van der Waals surface area contributed by atoms with Gasteiger partial charge in [-0.2, -0.15) is 0 Å². The van der Waals surface area contributed by atoms with Gasteiger partial charge in [-0.1, -0.05) is 45.4 Å². The molecule has 0 unspecified atom stereocenters. The molecule has 6 rings (SSSR count). The number of hydrogen-bond acceptors (Lipinski definition) is 29. The van der Waals surface area contributed by atoms with Crippen LogP contribution in [0.1, 0.15) is 98.8 Å². The third kappa shape index (κ3) is 16.4. The minimum absolute atomic E-state index is 0.330. The quantitative estimate of drug-likeness (QED) is 0.0358. The van der Waals surface area contributed by atoms with Crippen LogP contribution in [0.4, 0.5) is 0 Å². The van der Waals surface area contributed by atoms with Crippen LogP contribution in [0.2, 0.25) is 0 Å². The Kier molecular flexibility index (Phi) is 25.8. The molecule has 80 heavy (non-hydrogen) atoms. The highest BCUT2D eigenvalue weighted by Gasteiger charge is 2.57. The number of aliphatic carboxylic acids is 1. The second kappa shape index (κ2) is 30.6. The molecule has 0 aromatic carbocycles. The SMILES string of the molecule is CCC[C@@H](CCCCCCC[C@H](O)CC(=O)O)O[C@@H]1O[C@H](CO[C@@H]2O[C@@H](C)[C@H](O)[C@@H](O)[C@H]2O)[C@@H](O)[C@H](O)[C@H]1O[C@@H]1O[C@H](CO)[C@@H](O)[C@H](O)[C@H]1O[C@@H]1O[C@@H](C)[C@H](O[C@@H]2O[C@H](C)[C@@H](O)[C@H](O[C@@H]3O[C@@H](C)[C@H](O)[C@@H](O)[C@H]3O)[C@H]2O)[C@@H](O)[C@H]1O. The third-order valence-electron chi connectivity index (χ3n) is 15.6. The second-order valence-electron chi connectivity index (χ2n) is 21.9. The lowest BCUT2D eigenvalue weighted by atomic mass is 9.96. The van der Waals surface area contributed by atoms with Crippen molar-refractivity contribution in [3.05, 3.63) is 0 Å². The van der Waals surface area contributed by atoms with Crippen molar-refractivity contribution in [2.75, 3.05) is 13.2 Å². The highest BCUT2D eigenvalue weighted by molar-refractivity contribution is 5.67. The van der Waals surface area contributed by atoms with E-state index in [4.69, 9.17) is 61.9 Å². The topological polar surface area (TPSA) is 472 Å². The average molecular weight is 1170 g/mol. The molecule has 6 heterocycles. The molecule has 0 saturated carbocycles. The van der Waals surface area contributed by atoms with E-state index < -0.39 is 216 Å². The summed E-state index contributed by atoms with van der Waals surface area (Å²) < 4.78 is 71.1. The number of ether oxygens (including phenoxy) is 12. The highest BCUT2D eigenvalue weighted by atomic mass is 16.8. The van der Waals surface area contributed by atoms with E-state index >= 15 is 0 Å². The summed E-state index contributed by atoms with van der Waals surface area (Å²) >= 11 is 0. The van der Waals surface area contributed by atoms with Gasteiger partial charge in [0.2, 0.25) is 0 Å². The lowest BCUT2D eigenvalue weighted by molar-refractivity contribution is -0.402. The minimum atomic E-state index is -2.08. The number of carboxylic acids is 1. The maximum atomic E-state index is 11.9.